The average molecular weight is 247 g/mol. The van der Waals surface area contributed by atoms with E-state index in [9.17, 15) is 0 Å². The summed E-state index contributed by atoms with van der Waals surface area (Å²) >= 11 is 5.03. The highest BCUT2D eigenvalue weighted by atomic mass is 32.1. The Morgan fingerprint density at radius 1 is 1.53 bits per heavy atom. The molecule has 0 saturated carbocycles. The second-order valence-corrected chi connectivity index (χ2v) is 4.09. The van der Waals surface area contributed by atoms with Crippen LogP contribution in [0.1, 0.15) is 16.9 Å². The van der Waals surface area contributed by atoms with E-state index >= 15 is 0 Å². The monoisotopic (exact) mass is 247 g/mol. The predicted octanol–water partition coefficient (Wildman–Crippen LogP) is 2.23. The highest BCUT2D eigenvalue weighted by molar-refractivity contribution is 7.80. The Balaban J connectivity index is 2.21. The van der Waals surface area contributed by atoms with E-state index in [0.29, 0.717) is 17.4 Å². The summed E-state index contributed by atoms with van der Waals surface area (Å²) in [7, 11) is 0. The number of anilines is 1. The van der Waals surface area contributed by atoms with Crippen molar-refractivity contribution in [2.75, 3.05) is 5.32 Å². The normalized spacial score (nSPS) is 10.2. The molecule has 0 unspecified atom stereocenters. The van der Waals surface area contributed by atoms with Gasteiger partial charge in [0, 0.05) is 6.20 Å². The van der Waals surface area contributed by atoms with Crippen LogP contribution in [0.3, 0.4) is 0 Å². The minimum absolute atomic E-state index is 0.345. The molecule has 0 aliphatic carbocycles. The number of aromatic nitrogens is 1. The van der Waals surface area contributed by atoms with Crippen LogP contribution in [0.15, 0.2) is 35.1 Å². The molecule has 0 aliphatic heterocycles. The summed E-state index contributed by atoms with van der Waals surface area (Å²) in [5.41, 5.74) is 7.49. The molecule has 0 aromatic carbocycles. The zero-order chi connectivity index (χ0) is 12.3. The van der Waals surface area contributed by atoms with Gasteiger partial charge in [0.15, 0.2) is 0 Å². The Kier molecular flexibility index (Phi) is 3.39. The van der Waals surface area contributed by atoms with Gasteiger partial charge in [-0.25, -0.2) is 4.98 Å². The van der Waals surface area contributed by atoms with E-state index in [4.69, 9.17) is 22.4 Å². The summed E-state index contributed by atoms with van der Waals surface area (Å²) in [5, 5.41) is 3.17. The smallest absolute Gasteiger partial charge is 0.136 e. The van der Waals surface area contributed by atoms with Gasteiger partial charge in [-0.05, 0) is 30.7 Å². The molecule has 0 radical (unpaired) electrons. The molecule has 0 atom stereocenters. The van der Waals surface area contributed by atoms with Gasteiger partial charge < -0.3 is 15.5 Å². The molecule has 0 fully saturated rings. The highest BCUT2D eigenvalue weighted by Gasteiger charge is 2.09. The molecule has 5 heteroatoms. The first-order valence-corrected chi connectivity index (χ1v) is 5.61. The summed E-state index contributed by atoms with van der Waals surface area (Å²) in [6.07, 6.45) is 3.36. The second-order valence-electron chi connectivity index (χ2n) is 3.65. The summed E-state index contributed by atoms with van der Waals surface area (Å²) in [4.78, 5) is 4.58. The van der Waals surface area contributed by atoms with E-state index in [2.05, 4.69) is 10.3 Å². The number of thiocarbonyl (C=S) groups is 1. The Hall–Kier alpha value is -1.88. The quantitative estimate of drug-likeness (QED) is 0.811. The summed E-state index contributed by atoms with van der Waals surface area (Å²) in [5.74, 6) is 1.52. The molecule has 2 aromatic heterocycles. The van der Waals surface area contributed by atoms with Crippen molar-refractivity contribution in [3.05, 3.63) is 47.5 Å². The first kappa shape index (κ1) is 11.6. The van der Waals surface area contributed by atoms with Crippen LogP contribution in [-0.4, -0.2) is 9.97 Å². The SMILES string of the molecule is Cc1ccnc(NCc2ccco2)c1C(N)=S. The minimum atomic E-state index is 0.345. The third-order valence-corrected chi connectivity index (χ3v) is 2.62. The van der Waals surface area contributed by atoms with Gasteiger partial charge >= 0.3 is 0 Å². The van der Waals surface area contributed by atoms with Gasteiger partial charge in [-0.2, -0.15) is 0 Å². The van der Waals surface area contributed by atoms with Crippen molar-refractivity contribution in [2.24, 2.45) is 5.73 Å². The maximum absolute atomic E-state index is 5.69. The molecule has 88 valence electrons. The van der Waals surface area contributed by atoms with E-state index in [-0.39, 0.29) is 0 Å². The standard InChI is InChI=1S/C12H13N3OS/c1-8-4-5-14-12(10(8)11(13)17)15-7-9-3-2-6-16-9/h2-6H,7H2,1H3,(H2,13,17)(H,14,15). The number of furan rings is 1. The van der Waals surface area contributed by atoms with Crippen molar-refractivity contribution >= 4 is 23.0 Å². The van der Waals surface area contributed by atoms with Gasteiger partial charge in [0.2, 0.25) is 0 Å². The average Bonchev–Trinajstić information content (AvgIpc) is 2.78. The third-order valence-electron chi connectivity index (χ3n) is 2.42. The fourth-order valence-electron chi connectivity index (χ4n) is 1.59. The highest BCUT2D eigenvalue weighted by Crippen LogP contribution is 2.17. The van der Waals surface area contributed by atoms with Crippen LogP contribution < -0.4 is 11.1 Å². The van der Waals surface area contributed by atoms with Crippen molar-refractivity contribution in [2.45, 2.75) is 13.5 Å². The van der Waals surface area contributed by atoms with E-state index in [0.717, 1.165) is 16.9 Å². The van der Waals surface area contributed by atoms with Crippen molar-refractivity contribution < 1.29 is 4.42 Å². The van der Waals surface area contributed by atoms with Crippen molar-refractivity contribution in [3.8, 4) is 0 Å². The van der Waals surface area contributed by atoms with Crippen molar-refractivity contribution in [1.29, 1.82) is 0 Å². The molecule has 0 amide bonds. The van der Waals surface area contributed by atoms with Crippen molar-refractivity contribution in [3.63, 3.8) is 0 Å². The molecule has 2 heterocycles. The number of hydrogen-bond acceptors (Lipinski definition) is 4. The lowest BCUT2D eigenvalue weighted by Gasteiger charge is -2.11. The largest absolute Gasteiger partial charge is 0.467 e. The van der Waals surface area contributed by atoms with Gasteiger partial charge in [0.1, 0.15) is 16.6 Å². The van der Waals surface area contributed by atoms with Crippen LogP contribution in [0.2, 0.25) is 0 Å². The molecule has 2 rings (SSSR count). The molecule has 0 bridgehead atoms. The van der Waals surface area contributed by atoms with E-state index in [1.54, 1.807) is 12.5 Å². The number of aryl methyl sites for hydroxylation is 1. The van der Waals surface area contributed by atoms with Gasteiger partial charge in [-0.3, -0.25) is 0 Å². The molecular weight excluding hydrogens is 234 g/mol. The Morgan fingerprint density at radius 3 is 3.00 bits per heavy atom. The zero-order valence-corrected chi connectivity index (χ0v) is 10.3. The van der Waals surface area contributed by atoms with Crippen LogP contribution in [0.25, 0.3) is 0 Å². The lowest BCUT2D eigenvalue weighted by molar-refractivity contribution is 0.518. The number of nitrogens with one attached hydrogen (secondary N) is 1. The van der Waals surface area contributed by atoms with Crippen LogP contribution in [-0.2, 0) is 6.54 Å². The Bertz CT molecular complexity index is 523. The van der Waals surface area contributed by atoms with Crippen LogP contribution in [0.4, 0.5) is 5.82 Å². The van der Waals surface area contributed by atoms with Crippen molar-refractivity contribution in [1.82, 2.24) is 4.98 Å². The minimum Gasteiger partial charge on any atom is -0.467 e. The molecule has 2 aromatic rings. The topological polar surface area (TPSA) is 64.1 Å². The lowest BCUT2D eigenvalue weighted by Crippen LogP contribution is -2.16. The Morgan fingerprint density at radius 2 is 2.35 bits per heavy atom. The molecule has 0 spiro atoms. The van der Waals surface area contributed by atoms with Crippen LogP contribution in [0, 0.1) is 6.92 Å². The fraction of sp³-hybridized carbons (Fsp3) is 0.167. The predicted molar refractivity (Wildman–Crippen MR) is 70.9 cm³/mol. The summed E-state index contributed by atoms with van der Waals surface area (Å²) in [6.45, 7) is 2.51. The molecule has 4 nitrogen and oxygen atoms in total. The first-order valence-electron chi connectivity index (χ1n) is 5.20. The summed E-state index contributed by atoms with van der Waals surface area (Å²) in [6, 6.07) is 5.62. The van der Waals surface area contributed by atoms with Gasteiger partial charge in [-0.15, -0.1) is 0 Å². The number of pyridine rings is 1. The third kappa shape index (κ3) is 2.62. The molecule has 17 heavy (non-hydrogen) atoms. The van der Waals surface area contributed by atoms with E-state index in [1.807, 2.05) is 25.1 Å². The van der Waals surface area contributed by atoms with Crippen LogP contribution >= 0.6 is 12.2 Å². The number of rotatable bonds is 4. The Labute approximate surface area is 105 Å². The maximum atomic E-state index is 5.69. The number of nitrogens with two attached hydrogens (primary N) is 1. The van der Waals surface area contributed by atoms with E-state index in [1.165, 1.54) is 0 Å². The molecule has 0 aliphatic rings. The maximum Gasteiger partial charge on any atom is 0.136 e. The van der Waals surface area contributed by atoms with Gasteiger partial charge in [-0.1, -0.05) is 12.2 Å². The molecule has 3 N–H and O–H groups in total. The number of hydrogen-bond donors (Lipinski definition) is 2. The number of nitrogens with zero attached hydrogens (tertiary/aromatic N) is 1. The zero-order valence-electron chi connectivity index (χ0n) is 9.43. The van der Waals surface area contributed by atoms with Gasteiger partial charge in [0.05, 0.1) is 18.4 Å². The molecular formula is C12H13N3OS. The van der Waals surface area contributed by atoms with Crippen LogP contribution in [0.5, 0.6) is 0 Å². The first-order chi connectivity index (χ1) is 8.18. The summed E-state index contributed by atoms with van der Waals surface area (Å²) < 4.78 is 5.23. The van der Waals surface area contributed by atoms with Gasteiger partial charge in [0.25, 0.3) is 0 Å². The lowest BCUT2D eigenvalue weighted by atomic mass is 10.1. The molecule has 0 saturated heterocycles. The second kappa shape index (κ2) is 4.97. The van der Waals surface area contributed by atoms with E-state index < -0.39 is 0 Å². The fourth-order valence-corrected chi connectivity index (χ4v) is 1.84.